The van der Waals surface area contributed by atoms with E-state index in [2.05, 4.69) is 59.7 Å². The van der Waals surface area contributed by atoms with Gasteiger partial charge in [0.15, 0.2) is 0 Å². The molecule has 1 rings (SSSR count). The minimum Gasteiger partial charge on any atom is -0.507 e. The minimum atomic E-state index is -0.599. The number of para-hydroxylation sites is 1. The second-order valence-electron chi connectivity index (χ2n) is 6.72. The van der Waals surface area contributed by atoms with Crippen molar-refractivity contribution in [2.45, 2.75) is 52.4 Å². The average molecular weight is 283 g/mol. The molecule has 0 unspecified atom stereocenters. The molecule has 0 fully saturated rings. The molecule has 3 heteroatoms. The van der Waals surface area contributed by atoms with Crippen molar-refractivity contribution in [3.05, 3.63) is 29.3 Å². The van der Waals surface area contributed by atoms with Crippen molar-refractivity contribution in [1.29, 1.82) is 0 Å². The summed E-state index contributed by atoms with van der Waals surface area (Å²) >= 11 is -0.599. The zero-order chi connectivity index (χ0) is 14.0. The number of benzene rings is 1. The first-order valence-electron chi connectivity index (χ1n) is 6.50. The lowest BCUT2D eigenvalue weighted by Gasteiger charge is -2.29. The summed E-state index contributed by atoms with van der Waals surface area (Å²) in [5, 5.41) is 0. The first-order chi connectivity index (χ1) is 8.18. The summed E-state index contributed by atoms with van der Waals surface area (Å²) in [5.74, 6) is 1.05. The molecule has 0 aromatic heterocycles. The summed E-state index contributed by atoms with van der Waals surface area (Å²) in [6.07, 6.45) is 0. The third-order valence-corrected chi connectivity index (χ3v) is 3.78. The van der Waals surface area contributed by atoms with Crippen molar-refractivity contribution in [2.24, 2.45) is 0 Å². The predicted molar refractivity (Wildman–Crippen MR) is 82.3 cm³/mol. The van der Waals surface area contributed by atoms with Crippen LogP contribution in [0.2, 0.25) is 0 Å². The van der Waals surface area contributed by atoms with Crippen LogP contribution in [0.3, 0.4) is 0 Å². The molecule has 0 N–H and O–H groups in total. The highest BCUT2D eigenvalue weighted by Gasteiger charge is 2.26. The van der Waals surface area contributed by atoms with Gasteiger partial charge in [0.05, 0.1) is 5.47 Å². The number of hydrogen-bond acceptors (Lipinski definition) is 1. The molecule has 18 heavy (non-hydrogen) atoms. The molecule has 0 saturated carbocycles. The van der Waals surface area contributed by atoms with Crippen LogP contribution in [0, 0.1) is 0 Å². The SMILES string of the molecule is CC(C)(C)c1cccc(C(C)(C)C)c1O[CH2][AlH][Cl]. The molecule has 0 spiro atoms. The highest BCUT2D eigenvalue weighted by Crippen LogP contribution is 2.39. The molecule has 0 heterocycles. The van der Waals surface area contributed by atoms with Gasteiger partial charge in [-0.2, -0.15) is 0 Å². The number of halogens is 1. The van der Waals surface area contributed by atoms with Gasteiger partial charge in [-0.15, -0.1) is 0 Å². The summed E-state index contributed by atoms with van der Waals surface area (Å²) in [5.41, 5.74) is 3.41. The van der Waals surface area contributed by atoms with Crippen LogP contribution in [0.25, 0.3) is 0 Å². The van der Waals surface area contributed by atoms with Crippen molar-refractivity contribution in [1.82, 2.24) is 0 Å². The van der Waals surface area contributed by atoms with E-state index < -0.39 is 14.3 Å². The summed E-state index contributed by atoms with van der Waals surface area (Å²) in [7, 11) is 5.90. The van der Waals surface area contributed by atoms with Gasteiger partial charge in [0.25, 0.3) is 0 Å². The topological polar surface area (TPSA) is 9.23 Å². The van der Waals surface area contributed by atoms with Crippen molar-refractivity contribution in [3.8, 4) is 5.75 Å². The third kappa shape index (κ3) is 3.92. The molecular weight excluding hydrogens is 259 g/mol. The van der Waals surface area contributed by atoms with Crippen LogP contribution < -0.4 is 4.74 Å². The maximum Gasteiger partial charge on any atom is 0.426 e. The highest BCUT2D eigenvalue weighted by molar-refractivity contribution is 6.93. The highest BCUT2D eigenvalue weighted by atomic mass is 35.6. The van der Waals surface area contributed by atoms with Gasteiger partial charge in [0.2, 0.25) is 0 Å². The predicted octanol–water partition coefficient (Wildman–Crippen LogP) is 4.21. The first kappa shape index (κ1) is 15.9. The van der Waals surface area contributed by atoms with Crippen LogP contribution in [0.15, 0.2) is 18.2 Å². The molecule has 0 radical (unpaired) electrons. The van der Waals surface area contributed by atoms with Gasteiger partial charge in [-0.1, -0.05) is 59.7 Å². The standard InChI is InChI=1S/C15H23O.Al.ClH.H/c1-14(2,3)11-9-8-10-12(13(11)16-7)15(4,5)6;;;/h8-10H,7H2,1-6H3;;1H;/q;+1;;/p-1. The van der Waals surface area contributed by atoms with E-state index in [1.54, 1.807) is 0 Å². The molecule has 0 saturated heterocycles. The molecule has 1 nitrogen and oxygen atoms in total. The van der Waals surface area contributed by atoms with Gasteiger partial charge in [-0.25, -0.2) is 0 Å². The maximum absolute atomic E-state index is 6.00. The smallest absolute Gasteiger partial charge is 0.426 e. The normalized spacial score (nSPS) is 12.4. The van der Waals surface area contributed by atoms with Gasteiger partial charge in [-0.05, 0) is 22.0 Å². The largest absolute Gasteiger partial charge is 0.507 e. The van der Waals surface area contributed by atoms with E-state index in [0.717, 1.165) is 5.75 Å². The van der Waals surface area contributed by atoms with Crippen LogP contribution in [0.4, 0.5) is 0 Å². The Labute approximate surface area is 122 Å². The Morgan fingerprint density at radius 3 is 1.78 bits per heavy atom. The minimum absolute atomic E-state index is 0.0878. The second kappa shape index (κ2) is 5.87. The molecule has 0 aliphatic rings. The Kier molecular flexibility index (Phi) is 5.18. The van der Waals surface area contributed by atoms with Crippen molar-refractivity contribution in [2.75, 3.05) is 5.47 Å². The fraction of sp³-hybridized carbons (Fsp3) is 0.600. The van der Waals surface area contributed by atoms with Gasteiger partial charge in [0, 0.05) is 0 Å². The summed E-state index contributed by atoms with van der Waals surface area (Å²) < 4.78 is 6.00. The Morgan fingerprint density at radius 1 is 1.00 bits per heavy atom. The Bertz CT molecular complexity index is 370. The Balaban J connectivity index is 3.35. The average Bonchev–Trinajstić information content (AvgIpc) is 2.23. The number of ether oxygens (including phenoxy) is 1. The molecule has 0 amide bonds. The fourth-order valence-electron chi connectivity index (χ4n) is 2.01. The Hall–Kier alpha value is -0.158. The number of hydrogen-bond donors (Lipinski definition) is 0. The van der Waals surface area contributed by atoms with Crippen molar-refractivity contribution >= 4 is 24.3 Å². The number of rotatable bonds is 3. The van der Waals surface area contributed by atoms with Gasteiger partial charge in [0.1, 0.15) is 5.75 Å². The molecule has 0 aliphatic heterocycles. The molecule has 1 aromatic rings. The second-order valence-corrected chi connectivity index (χ2v) is 8.64. The van der Waals surface area contributed by atoms with Gasteiger partial charge in [-0.3, -0.25) is 10.0 Å². The van der Waals surface area contributed by atoms with Crippen LogP contribution in [0.5, 0.6) is 5.75 Å². The monoisotopic (exact) mass is 282 g/mol. The maximum atomic E-state index is 6.00. The molecule has 0 bridgehead atoms. The quantitative estimate of drug-likeness (QED) is 0.755. The molecule has 0 atom stereocenters. The van der Waals surface area contributed by atoms with Crippen LogP contribution in [-0.2, 0) is 10.8 Å². The van der Waals surface area contributed by atoms with Crippen LogP contribution in [-0.4, -0.2) is 19.8 Å². The summed E-state index contributed by atoms with van der Waals surface area (Å²) in [6, 6.07) is 6.47. The van der Waals surface area contributed by atoms with E-state index in [-0.39, 0.29) is 10.8 Å². The van der Waals surface area contributed by atoms with Crippen molar-refractivity contribution < 1.29 is 4.74 Å². The molecule has 100 valence electrons. The van der Waals surface area contributed by atoms with Crippen LogP contribution >= 0.6 is 10.0 Å². The lowest BCUT2D eigenvalue weighted by molar-refractivity contribution is 0.358. The van der Waals surface area contributed by atoms with E-state index in [4.69, 9.17) is 14.8 Å². The van der Waals surface area contributed by atoms with Gasteiger partial charge < -0.3 is 4.74 Å². The fourth-order valence-corrected chi connectivity index (χ4v) is 2.53. The third-order valence-electron chi connectivity index (χ3n) is 2.95. The van der Waals surface area contributed by atoms with Crippen molar-refractivity contribution in [3.63, 3.8) is 0 Å². The summed E-state index contributed by atoms with van der Waals surface area (Å²) in [6.45, 7) is 13.3. The lowest BCUT2D eigenvalue weighted by Crippen LogP contribution is -2.20. The molecular formula is C15H24AlClO. The van der Waals surface area contributed by atoms with Gasteiger partial charge >= 0.3 is 14.3 Å². The van der Waals surface area contributed by atoms with Crippen LogP contribution in [0.1, 0.15) is 52.7 Å². The zero-order valence-corrected chi connectivity index (χ0v) is 14.6. The van der Waals surface area contributed by atoms with E-state index in [0.29, 0.717) is 5.47 Å². The lowest BCUT2D eigenvalue weighted by atomic mass is 9.79. The molecule has 1 aromatic carbocycles. The van der Waals surface area contributed by atoms with E-state index in [1.807, 2.05) is 0 Å². The summed E-state index contributed by atoms with van der Waals surface area (Å²) in [4.78, 5) is 0. The first-order valence-corrected chi connectivity index (χ1v) is 9.64. The van der Waals surface area contributed by atoms with E-state index in [1.165, 1.54) is 11.1 Å². The van der Waals surface area contributed by atoms with E-state index >= 15 is 0 Å². The molecule has 0 aliphatic carbocycles. The zero-order valence-electron chi connectivity index (χ0n) is 12.4. The Morgan fingerprint density at radius 2 is 1.44 bits per heavy atom. The van der Waals surface area contributed by atoms with E-state index in [9.17, 15) is 0 Å².